The van der Waals surface area contributed by atoms with Crippen molar-refractivity contribution in [2.24, 2.45) is 5.73 Å². The molecule has 0 radical (unpaired) electrons. The van der Waals surface area contributed by atoms with Gasteiger partial charge in [-0.05, 0) is 23.8 Å². The minimum atomic E-state index is -0.264. The lowest BCUT2D eigenvalue weighted by Gasteiger charge is -2.20. The maximum Gasteiger partial charge on any atom is 0.161 e. The highest BCUT2D eigenvalue weighted by atomic mass is 32.1. The highest BCUT2D eigenvalue weighted by molar-refractivity contribution is 7.80. The van der Waals surface area contributed by atoms with Gasteiger partial charge in [-0.15, -0.1) is 5.10 Å². The molecule has 0 atom stereocenters. The van der Waals surface area contributed by atoms with Crippen molar-refractivity contribution in [3.8, 4) is 0 Å². The van der Waals surface area contributed by atoms with E-state index >= 15 is 0 Å². The van der Waals surface area contributed by atoms with Crippen LogP contribution in [0.5, 0.6) is 0 Å². The topological polar surface area (TPSA) is 55.0 Å². The van der Waals surface area contributed by atoms with E-state index in [1.165, 1.54) is 18.3 Å². The summed E-state index contributed by atoms with van der Waals surface area (Å²) in [6, 6.07) is 8.12. The van der Waals surface area contributed by atoms with Crippen molar-refractivity contribution in [1.82, 2.24) is 10.2 Å². The van der Waals surface area contributed by atoms with E-state index in [0.29, 0.717) is 17.9 Å². The zero-order chi connectivity index (χ0) is 13.8. The molecule has 2 rings (SSSR count). The van der Waals surface area contributed by atoms with Gasteiger partial charge >= 0.3 is 0 Å². The SMILES string of the molecule is CN(Cc1cccc(F)c1)c1nnccc1C(N)=S. The van der Waals surface area contributed by atoms with Gasteiger partial charge in [-0.1, -0.05) is 24.4 Å². The van der Waals surface area contributed by atoms with Crippen LogP contribution in [0.4, 0.5) is 10.2 Å². The van der Waals surface area contributed by atoms with Crippen LogP contribution in [0.25, 0.3) is 0 Å². The van der Waals surface area contributed by atoms with Crippen molar-refractivity contribution in [3.63, 3.8) is 0 Å². The fourth-order valence-electron chi connectivity index (χ4n) is 1.78. The number of anilines is 1. The summed E-state index contributed by atoms with van der Waals surface area (Å²) < 4.78 is 13.1. The molecular weight excluding hydrogens is 263 g/mol. The Labute approximate surface area is 116 Å². The van der Waals surface area contributed by atoms with Crippen LogP contribution in [0, 0.1) is 5.82 Å². The summed E-state index contributed by atoms with van der Waals surface area (Å²) in [5.74, 6) is 0.318. The van der Waals surface area contributed by atoms with Crippen LogP contribution in [-0.2, 0) is 6.54 Å². The molecule has 0 saturated carbocycles. The predicted octanol–water partition coefficient (Wildman–Crippen LogP) is 1.89. The molecule has 1 heterocycles. The fourth-order valence-corrected chi connectivity index (χ4v) is 1.94. The van der Waals surface area contributed by atoms with Gasteiger partial charge in [0.25, 0.3) is 0 Å². The molecule has 0 unspecified atom stereocenters. The summed E-state index contributed by atoms with van der Waals surface area (Å²) in [5.41, 5.74) is 7.14. The lowest BCUT2D eigenvalue weighted by Crippen LogP contribution is -2.23. The summed E-state index contributed by atoms with van der Waals surface area (Å²) in [5, 5.41) is 7.86. The minimum Gasteiger partial charge on any atom is -0.389 e. The molecular formula is C13H13FN4S. The third kappa shape index (κ3) is 3.23. The van der Waals surface area contributed by atoms with Gasteiger partial charge in [-0.3, -0.25) is 0 Å². The van der Waals surface area contributed by atoms with Gasteiger partial charge in [0.05, 0.1) is 11.8 Å². The first-order valence-corrected chi connectivity index (χ1v) is 6.06. The summed E-state index contributed by atoms with van der Waals surface area (Å²) in [4.78, 5) is 2.09. The molecule has 2 N–H and O–H groups in total. The Balaban J connectivity index is 2.25. The Hall–Kier alpha value is -2.08. The zero-order valence-electron chi connectivity index (χ0n) is 10.4. The zero-order valence-corrected chi connectivity index (χ0v) is 11.2. The highest BCUT2D eigenvalue weighted by Gasteiger charge is 2.12. The Bertz CT molecular complexity index is 603. The van der Waals surface area contributed by atoms with E-state index in [2.05, 4.69) is 10.2 Å². The molecule has 0 saturated heterocycles. The molecule has 0 aliphatic heterocycles. The molecule has 19 heavy (non-hydrogen) atoms. The number of aromatic nitrogens is 2. The first-order chi connectivity index (χ1) is 9.08. The van der Waals surface area contributed by atoms with Gasteiger partial charge in [-0.2, -0.15) is 5.10 Å². The molecule has 0 spiro atoms. The maximum atomic E-state index is 13.1. The normalized spacial score (nSPS) is 10.2. The Morgan fingerprint density at radius 2 is 2.21 bits per heavy atom. The second kappa shape index (κ2) is 5.71. The molecule has 0 aliphatic carbocycles. The minimum absolute atomic E-state index is 0.260. The van der Waals surface area contributed by atoms with Crippen LogP contribution in [-0.4, -0.2) is 22.2 Å². The number of nitrogens with two attached hydrogens (primary N) is 1. The van der Waals surface area contributed by atoms with Crippen LogP contribution in [0.15, 0.2) is 36.5 Å². The van der Waals surface area contributed by atoms with E-state index in [1.54, 1.807) is 12.1 Å². The van der Waals surface area contributed by atoms with E-state index < -0.39 is 0 Å². The van der Waals surface area contributed by atoms with Gasteiger partial charge in [-0.25, -0.2) is 4.39 Å². The molecule has 4 nitrogen and oxygen atoms in total. The van der Waals surface area contributed by atoms with Crippen LogP contribution in [0.3, 0.4) is 0 Å². The van der Waals surface area contributed by atoms with Crippen LogP contribution in [0.1, 0.15) is 11.1 Å². The number of halogens is 1. The summed E-state index contributed by atoms with van der Waals surface area (Å²) in [6.45, 7) is 0.492. The molecule has 0 bridgehead atoms. The Morgan fingerprint density at radius 1 is 1.42 bits per heavy atom. The quantitative estimate of drug-likeness (QED) is 0.864. The fraction of sp³-hybridized carbons (Fsp3) is 0.154. The largest absolute Gasteiger partial charge is 0.389 e. The van der Waals surface area contributed by atoms with Gasteiger partial charge in [0, 0.05) is 13.6 Å². The number of benzene rings is 1. The average molecular weight is 276 g/mol. The molecule has 6 heteroatoms. The van der Waals surface area contributed by atoms with E-state index in [9.17, 15) is 4.39 Å². The van der Waals surface area contributed by atoms with Gasteiger partial charge in [0.15, 0.2) is 5.82 Å². The molecule has 2 aromatic rings. The van der Waals surface area contributed by atoms with Crippen molar-refractivity contribution >= 4 is 23.0 Å². The second-order valence-corrected chi connectivity index (χ2v) is 4.56. The maximum absolute atomic E-state index is 13.1. The van der Waals surface area contributed by atoms with Gasteiger partial charge in [0.1, 0.15) is 10.8 Å². The number of hydrogen-bond donors (Lipinski definition) is 1. The van der Waals surface area contributed by atoms with Crippen LogP contribution < -0.4 is 10.6 Å². The monoisotopic (exact) mass is 276 g/mol. The summed E-state index contributed by atoms with van der Waals surface area (Å²) in [6.07, 6.45) is 1.54. The first kappa shape index (κ1) is 13.4. The highest BCUT2D eigenvalue weighted by Crippen LogP contribution is 2.17. The van der Waals surface area contributed by atoms with Crippen LogP contribution >= 0.6 is 12.2 Å². The van der Waals surface area contributed by atoms with E-state index in [1.807, 2.05) is 18.0 Å². The first-order valence-electron chi connectivity index (χ1n) is 5.65. The van der Waals surface area contributed by atoms with Gasteiger partial charge < -0.3 is 10.6 Å². The van der Waals surface area contributed by atoms with Crippen molar-refractivity contribution in [2.75, 3.05) is 11.9 Å². The van der Waals surface area contributed by atoms with Gasteiger partial charge in [0.2, 0.25) is 0 Å². The molecule has 98 valence electrons. The van der Waals surface area contributed by atoms with Crippen molar-refractivity contribution in [1.29, 1.82) is 0 Å². The molecule has 1 aromatic carbocycles. The third-order valence-corrected chi connectivity index (χ3v) is 2.86. The standard InChI is InChI=1S/C13H13FN4S/c1-18(8-9-3-2-4-10(14)7-9)13-11(12(15)19)5-6-16-17-13/h2-7H,8H2,1H3,(H2,15,19). The number of thiocarbonyl (C=S) groups is 1. The Kier molecular flexibility index (Phi) is 4.01. The number of hydrogen-bond acceptors (Lipinski definition) is 4. The smallest absolute Gasteiger partial charge is 0.161 e. The van der Waals surface area contributed by atoms with Crippen molar-refractivity contribution in [2.45, 2.75) is 6.54 Å². The third-order valence-electron chi connectivity index (χ3n) is 2.64. The number of nitrogens with zero attached hydrogens (tertiary/aromatic N) is 3. The van der Waals surface area contributed by atoms with Crippen molar-refractivity contribution in [3.05, 3.63) is 53.5 Å². The van der Waals surface area contributed by atoms with Crippen LogP contribution in [0.2, 0.25) is 0 Å². The predicted molar refractivity (Wildman–Crippen MR) is 76.4 cm³/mol. The second-order valence-electron chi connectivity index (χ2n) is 4.12. The molecule has 0 amide bonds. The van der Waals surface area contributed by atoms with E-state index in [-0.39, 0.29) is 10.8 Å². The van der Waals surface area contributed by atoms with E-state index in [0.717, 1.165) is 5.56 Å². The lowest BCUT2D eigenvalue weighted by molar-refractivity contribution is 0.625. The average Bonchev–Trinajstić information content (AvgIpc) is 2.38. The molecule has 1 aromatic heterocycles. The molecule has 0 fully saturated rings. The summed E-state index contributed by atoms with van der Waals surface area (Å²) in [7, 11) is 1.83. The number of rotatable bonds is 4. The Morgan fingerprint density at radius 3 is 2.89 bits per heavy atom. The van der Waals surface area contributed by atoms with E-state index in [4.69, 9.17) is 18.0 Å². The van der Waals surface area contributed by atoms with Crippen molar-refractivity contribution < 1.29 is 4.39 Å². The lowest BCUT2D eigenvalue weighted by atomic mass is 10.2. The summed E-state index contributed by atoms with van der Waals surface area (Å²) >= 11 is 4.98. The molecule has 0 aliphatic rings.